The van der Waals surface area contributed by atoms with E-state index in [4.69, 9.17) is 0 Å². The van der Waals surface area contributed by atoms with Gasteiger partial charge in [0, 0.05) is 6.04 Å². The summed E-state index contributed by atoms with van der Waals surface area (Å²) in [5, 5.41) is 2.33. The molecule has 1 saturated heterocycles. The highest BCUT2D eigenvalue weighted by Gasteiger charge is 2.30. The zero-order valence-electron chi connectivity index (χ0n) is 9.32. The van der Waals surface area contributed by atoms with Gasteiger partial charge < -0.3 is 5.32 Å². The van der Waals surface area contributed by atoms with Crippen LogP contribution in [0.15, 0.2) is 18.2 Å². The second kappa shape index (κ2) is 4.64. The molecule has 0 radical (unpaired) electrons. The van der Waals surface area contributed by atoms with Crippen LogP contribution in [0.5, 0.6) is 0 Å². The van der Waals surface area contributed by atoms with Gasteiger partial charge in [-0.05, 0) is 18.6 Å². The van der Waals surface area contributed by atoms with Crippen molar-refractivity contribution in [1.29, 1.82) is 0 Å². The number of carbonyl (C=O) groups is 1. The van der Waals surface area contributed by atoms with Gasteiger partial charge in [0.25, 0.3) is 5.91 Å². The van der Waals surface area contributed by atoms with E-state index < -0.39 is 39.0 Å². The number of amides is 1. The van der Waals surface area contributed by atoms with Crippen LogP contribution in [-0.2, 0) is 9.84 Å². The molecule has 7 heteroatoms. The smallest absolute Gasteiger partial charge is 0.257 e. The van der Waals surface area contributed by atoms with Crippen LogP contribution < -0.4 is 5.32 Å². The van der Waals surface area contributed by atoms with Crippen molar-refractivity contribution in [3.8, 4) is 0 Å². The lowest BCUT2D eigenvalue weighted by molar-refractivity contribution is 0.0932. The second-order valence-corrected chi connectivity index (χ2v) is 6.40. The van der Waals surface area contributed by atoms with Crippen molar-refractivity contribution >= 4 is 15.7 Å². The van der Waals surface area contributed by atoms with Crippen LogP contribution in [0.2, 0.25) is 0 Å². The Hall–Kier alpha value is -1.50. The van der Waals surface area contributed by atoms with Crippen molar-refractivity contribution < 1.29 is 22.0 Å². The molecule has 1 N–H and O–H groups in total. The first-order valence-corrected chi connectivity index (χ1v) is 7.16. The van der Waals surface area contributed by atoms with Crippen LogP contribution in [0, 0.1) is 11.6 Å². The van der Waals surface area contributed by atoms with E-state index in [1.165, 1.54) is 0 Å². The minimum Gasteiger partial charge on any atom is -0.348 e. The predicted molar refractivity (Wildman–Crippen MR) is 60.9 cm³/mol. The van der Waals surface area contributed by atoms with Gasteiger partial charge in [-0.3, -0.25) is 4.79 Å². The van der Waals surface area contributed by atoms with Crippen molar-refractivity contribution in [3.63, 3.8) is 0 Å². The summed E-state index contributed by atoms with van der Waals surface area (Å²) >= 11 is 0. The Bertz CT molecular complexity index is 566. The van der Waals surface area contributed by atoms with Crippen molar-refractivity contribution in [2.45, 2.75) is 12.5 Å². The van der Waals surface area contributed by atoms with Crippen molar-refractivity contribution in [1.82, 2.24) is 5.32 Å². The molecule has 0 aliphatic carbocycles. The Morgan fingerprint density at radius 2 is 1.89 bits per heavy atom. The van der Waals surface area contributed by atoms with Crippen LogP contribution in [0.3, 0.4) is 0 Å². The Balaban J connectivity index is 2.14. The molecule has 1 unspecified atom stereocenters. The van der Waals surface area contributed by atoms with E-state index in [9.17, 15) is 22.0 Å². The fraction of sp³-hybridized carbons (Fsp3) is 0.364. The summed E-state index contributed by atoms with van der Waals surface area (Å²) in [4.78, 5) is 11.7. The molecule has 98 valence electrons. The summed E-state index contributed by atoms with van der Waals surface area (Å²) in [6, 6.07) is 2.52. The van der Waals surface area contributed by atoms with E-state index in [1.807, 2.05) is 0 Å². The Kier molecular flexibility index (Phi) is 3.34. The highest BCUT2D eigenvalue weighted by molar-refractivity contribution is 7.91. The van der Waals surface area contributed by atoms with E-state index in [0.717, 1.165) is 18.2 Å². The molecule has 1 aliphatic heterocycles. The van der Waals surface area contributed by atoms with E-state index in [1.54, 1.807) is 0 Å². The lowest BCUT2D eigenvalue weighted by Gasteiger charge is -2.11. The molecule has 0 aromatic heterocycles. The first-order valence-electron chi connectivity index (χ1n) is 5.34. The van der Waals surface area contributed by atoms with Gasteiger partial charge in [0.2, 0.25) is 0 Å². The highest BCUT2D eigenvalue weighted by atomic mass is 32.2. The van der Waals surface area contributed by atoms with Crippen LogP contribution >= 0.6 is 0 Å². The number of nitrogens with one attached hydrogen (secondary N) is 1. The molecule has 1 aromatic rings. The molecule has 1 heterocycles. The third-order valence-electron chi connectivity index (χ3n) is 2.76. The third kappa shape index (κ3) is 2.66. The van der Waals surface area contributed by atoms with Gasteiger partial charge in [-0.25, -0.2) is 17.2 Å². The summed E-state index contributed by atoms with van der Waals surface area (Å²) < 4.78 is 49.0. The summed E-state index contributed by atoms with van der Waals surface area (Å²) in [5.41, 5.74) is -0.679. The van der Waals surface area contributed by atoms with Gasteiger partial charge >= 0.3 is 0 Å². The summed E-state index contributed by atoms with van der Waals surface area (Å²) in [6.07, 6.45) is 0.268. The minimum atomic E-state index is -3.15. The quantitative estimate of drug-likeness (QED) is 0.871. The Labute approximate surface area is 103 Å². The molecule has 1 atom stereocenters. The van der Waals surface area contributed by atoms with Gasteiger partial charge in [-0.1, -0.05) is 6.07 Å². The monoisotopic (exact) mass is 275 g/mol. The topological polar surface area (TPSA) is 63.2 Å². The first-order chi connectivity index (χ1) is 8.39. The van der Waals surface area contributed by atoms with Gasteiger partial charge in [-0.2, -0.15) is 0 Å². The zero-order chi connectivity index (χ0) is 13.3. The molecular weight excluding hydrogens is 264 g/mol. The van der Waals surface area contributed by atoms with Crippen LogP contribution in [0.4, 0.5) is 8.78 Å². The van der Waals surface area contributed by atoms with Crippen LogP contribution in [0.25, 0.3) is 0 Å². The first kappa shape index (κ1) is 12.9. The Morgan fingerprint density at radius 1 is 1.28 bits per heavy atom. The van der Waals surface area contributed by atoms with Crippen LogP contribution in [-0.4, -0.2) is 31.9 Å². The average Bonchev–Trinajstić information content (AvgIpc) is 2.57. The number of carbonyl (C=O) groups excluding carboxylic acids is 1. The summed E-state index contributed by atoms with van der Waals surface area (Å²) in [5.74, 6) is -3.05. The van der Waals surface area contributed by atoms with E-state index >= 15 is 0 Å². The van der Waals surface area contributed by atoms with Gasteiger partial charge in [0.15, 0.2) is 9.84 Å². The molecule has 0 spiro atoms. The summed E-state index contributed by atoms with van der Waals surface area (Å²) in [6.45, 7) is 0. The van der Waals surface area contributed by atoms with Gasteiger partial charge in [-0.15, -0.1) is 0 Å². The molecular formula is C11H11F2NO3S. The van der Waals surface area contributed by atoms with Crippen molar-refractivity contribution in [2.24, 2.45) is 0 Å². The number of halogens is 2. The molecule has 1 aliphatic rings. The molecule has 1 fully saturated rings. The van der Waals surface area contributed by atoms with Crippen molar-refractivity contribution in [2.75, 3.05) is 11.5 Å². The SMILES string of the molecule is O=C(NC1CCS(=O)(=O)C1)c1c(F)cccc1F. The number of rotatable bonds is 2. The fourth-order valence-corrected chi connectivity index (χ4v) is 3.55. The minimum absolute atomic E-state index is 0.0162. The molecule has 0 bridgehead atoms. The van der Waals surface area contributed by atoms with E-state index in [2.05, 4.69) is 5.32 Å². The van der Waals surface area contributed by atoms with Crippen molar-refractivity contribution in [3.05, 3.63) is 35.4 Å². The van der Waals surface area contributed by atoms with Gasteiger partial charge in [0.05, 0.1) is 11.5 Å². The fourth-order valence-electron chi connectivity index (χ4n) is 1.88. The number of hydrogen-bond donors (Lipinski definition) is 1. The maximum absolute atomic E-state index is 13.3. The third-order valence-corrected chi connectivity index (χ3v) is 4.53. The lowest BCUT2D eigenvalue weighted by atomic mass is 10.1. The molecule has 1 amide bonds. The molecule has 4 nitrogen and oxygen atoms in total. The molecule has 18 heavy (non-hydrogen) atoms. The maximum Gasteiger partial charge on any atom is 0.257 e. The number of sulfone groups is 1. The van der Waals surface area contributed by atoms with Gasteiger partial charge in [0.1, 0.15) is 17.2 Å². The predicted octanol–water partition coefficient (Wildman–Crippen LogP) is 0.882. The lowest BCUT2D eigenvalue weighted by Crippen LogP contribution is -2.36. The highest BCUT2D eigenvalue weighted by Crippen LogP contribution is 2.15. The Morgan fingerprint density at radius 3 is 2.39 bits per heavy atom. The number of benzene rings is 1. The summed E-state index contributed by atoms with van der Waals surface area (Å²) in [7, 11) is -3.15. The normalized spacial score (nSPS) is 21.8. The second-order valence-electron chi connectivity index (χ2n) is 4.17. The molecule has 2 rings (SSSR count). The largest absolute Gasteiger partial charge is 0.348 e. The average molecular weight is 275 g/mol. The maximum atomic E-state index is 13.3. The standard InChI is InChI=1S/C11H11F2NO3S/c12-8-2-1-3-9(13)10(8)11(15)14-7-4-5-18(16,17)6-7/h1-3,7H,4-6H2,(H,14,15). The van der Waals surface area contributed by atoms with E-state index in [0.29, 0.717) is 0 Å². The zero-order valence-corrected chi connectivity index (χ0v) is 10.1. The molecule has 0 saturated carbocycles. The number of hydrogen-bond acceptors (Lipinski definition) is 3. The van der Waals surface area contributed by atoms with Crippen LogP contribution in [0.1, 0.15) is 16.8 Å². The van der Waals surface area contributed by atoms with E-state index in [-0.39, 0.29) is 17.9 Å². The molecule has 1 aromatic carbocycles.